The summed E-state index contributed by atoms with van der Waals surface area (Å²) in [6.45, 7) is 3.21. The lowest BCUT2D eigenvalue weighted by Gasteiger charge is -2.12. The van der Waals surface area contributed by atoms with Gasteiger partial charge in [0.05, 0.1) is 6.54 Å². The molecule has 0 aliphatic carbocycles. The van der Waals surface area contributed by atoms with Crippen LogP contribution in [0.4, 0.5) is 0 Å². The number of aryl methyl sites for hydroxylation is 1. The van der Waals surface area contributed by atoms with E-state index in [1.807, 2.05) is 43.1 Å². The molecule has 6 heteroatoms. The molecule has 0 radical (unpaired) electrons. The molecule has 0 amide bonds. The Labute approximate surface area is 123 Å². The largest absolute Gasteiger partial charge is 0.481 e. The Morgan fingerprint density at radius 3 is 2.67 bits per heavy atom. The zero-order chi connectivity index (χ0) is 15.2. The average Bonchev–Trinajstić information content (AvgIpc) is 2.87. The van der Waals surface area contributed by atoms with Crippen LogP contribution in [-0.2, 0) is 11.3 Å². The molecule has 1 N–H and O–H groups in total. The smallest absolute Gasteiger partial charge is 0.303 e. The first kappa shape index (κ1) is 15.2. The van der Waals surface area contributed by atoms with Crippen molar-refractivity contribution in [3.63, 3.8) is 0 Å². The lowest BCUT2D eigenvalue weighted by Crippen LogP contribution is -2.20. The van der Waals surface area contributed by atoms with E-state index in [1.54, 1.807) is 0 Å². The summed E-state index contributed by atoms with van der Waals surface area (Å²) in [6, 6.07) is 7.89. The van der Waals surface area contributed by atoms with Crippen LogP contribution in [0.15, 0.2) is 28.7 Å². The van der Waals surface area contributed by atoms with Crippen molar-refractivity contribution in [2.24, 2.45) is 0 Å². The molecule has 0 saturated heterocycles. The van der Waals surface area contributed by atoms with Crippen LogP contribution < -0.4 is 0 Å². The van der Waals surface area contributed by atoms with Crippen molar-refractivity contribution >= 4 is 5.97 Å². The standard InChI is InChI=1S/C15H19N3O3/c1-11-5-7-12(8-6-11)15-17-16-13(21-15)10-18(2)9-3-4-14(19)20/h5-8H,3-4,9-10H2,1-2H3,(H,19,20). The maximum atomic E-state index is 10.5. The van der Waals surface area contributed by atoms with E-state index in [9.17, 15) is 4.79 Å². The molecule has 21 heavy (non-hydrogen) atoms. The van der Waals surface area contributed by atoms with Crippen LogP contribution in [0.1, 0.15) is 24.3 Å². The molecule has 1 aromatic carbocycles. The highest BCUT2D eigenvalue weighted by Gasteiger charge is 2.10. The number of benzene rings is 1. The predicted molar refractivity (Wildman–Crippen MR) is 77.7 cm³/mol. The molecule has 0 fully saturated rings. The molecule has 112 valence electrons. The molecular formula is C15H19N3O3. The molecule has 0 saturated carbocycles. The van der Waals surface area contributed by atoms with Crippen LogP contribution >= 0.6 is 0 Å². The predicted octanol–water partition coefficient (Wildman–Crippen LogP) is 2.34. The number of aliphatic carboxylic acids is 1. The summed E-state index contributed by atoms with van der Waals surface area (Å²) >= 11 is 0. The van der Waals surface area contributed by atoms with Crippen LogP contribution in [0.5, 0.6) is 0 Å². The van der Waals surface area contributed by atoms with Gasteiger partial charge in [0.1, 0.15) is 0 Å². The van der Waals surface area contributed by atoms with E-state index in [4.69, 9.17) is 9.52 Å². The molecule has 0 spiro atoms. The van der Waals surface area contributed by atoms with Gasteiger partial charge < -0.3 is 9.52 Å². The number of carboxylic acid groups (broad SMARTS) is 1. The highest BCUT2D eigenvalue weighted by molar-refractivity contribution is 5.66. The van der Waals surface area contributed by atoms with Crippen LogP contribution in [0.2, 0.25) is 0 Å². The van der Waals surface area contributed by atoms with Crippen molar-refractivity contribution in [3.8, 4) is 11.5 Å². The highest BCUT2D eigenvalue weighted by Crippen LogP contribution is 2.18. The maximum Gasteiger partial charge on any atom is 0.303 e. The molecule has 2 rings (SSSR count). The number of carboxylic acids is 1. The molecule has 1 aromatic heterocycles. The summed E-state index contributed by atoms with van der Waals surface area (Å²) in [5.41, 5.74) is 2.07. The summed E-state index contributed by atoms with van der Waals surface area (Å²) in [7, 11) is 1.90. The van der Waals surface area contributed by atoms with Gasteiger partial charge in [-0.2, -0.15) is 0 Å². The van der Waals surface area contributed by atoms with Crippen LogP contribution in [-0.4, -0.2) is 39.8 Å². The number of aromatic nitrogens is 2. The SMILES string of the molecule is Cc1ccc(-c2nnc(CN(C)CCCC(=O)O)o2)cc1. The number of nitrogens with zero attached hydrogens (tertiary/aromatic N) is 3. The third-order valence-corrected chi connectivity index (χ3v) is 3.10. The van der Waals surface area contributed by atoms with Gasteiger partial charge in [-0.15, -0.1) is 10.2 Å². The second-order valence-corrected chi connectivity index (χ2v) is 5.10. The summed E-state index contributed by atoms with van der Waals surface area (Å²) in [4.78, 5) is 12.4. The minimum absolute atomic E-state index is 0.169. The van der Waals surface area contributed by atoms with E-state index >= 15 is 0 Å². The van der Waals surface area contributed by atoms with Crippen molar-refractivity contribution in [1.29, 1.82) is 0 Å². The van der Waals surface area contributed by atoms with Crippen LogP contribution in [0, 0.1) is 6.92 Å². The van der Waals surface area contributed by atoms with Gasteiger partial charge in [-0.05, 0) is 39.1 Å². The van der Waals surface area contributed by atoms with Crippen LogP contribution in [0.25, 0.3) is 11.5 Å². The van der Waals surface area contributed by atoms with Crippen molar-refractivity contribution in [3.05, 3.63) is 35.7 Å². The van der Waals surface area contributed by atoms with E-state index in [0.29, 0.717) is 31.3 Å². The summed E-state index contributed by atoms with van der Waals surface area (Å²) in [5.74, 6) is 0.259. The number of hydrogen-bond donors (Lipinski definition) is 1. The van der Waals surface area contributed by atoms with E-state index < -0.39 is 5.97 Å². The van der Waals surface area contributed by atoms with Gasteiger partial charge in [0.15, 0.2) is 0 Å². The number of carbonyl (C=O) groups is 1. The van der Waals surface area contributed by atoms with Gasteiger partial charge in [0, 0.05) is 12.0 Å². The van der Waals surface area contributed by atoms with E-state index in [-0.39, 0.29) is 6.42 Å². The summed E-state index contributed by atoms with van der Waals surface area (Å²) in [5, 5.41) is 16.7. The third kappa shape index (κ3) is 4.68. The highest BCUT2D eigenvalue weighted by atomic mass is 16.4. The molecule has 2 aromatic rings. The van der Waals surface area contributed by atoms with Gasteiger partial charge in [-0.1, -0.05) is 17.7 Å². The Balaban J connectivity index is 1.90. The lowest BCUT2D eigenvalue weighted by atomic mass is 10.1. The van der Waals surface area contributed by atoms with Gasteiger partial charge in [-0.25, -0.2) is 0 Å². The second kappa shape index (κ2) is 6.99. The number of rotatable bonds is 7. The Morgan fingerprint density at radius 2 is 2.00 bits per heavy atom. The van der Waals surface area contributed by atoms with Gasteiger partial charge in [0.2, 0.25) is 11.8 Å². The normalized spacial score (nSPS) is 11.0. The number of hydrogen-bond acceptors (Lipinski definition) is 5. The fourth-order valence-corrected chi connectivity index (χ4v) is 1.94. The topological polar surface area (TPSA) is 79.5 Å². The molecule has 0 aliphatic rings. The van der Waals surface area contributed by atoms with Crippen molar-refractivity contribution in [1.82, 2.24) is 15.1 Å². The maximum absolute atomic E-state index is 10.5. The van der Waals surface area contributed by atoms with Crippen molar-refractivity contribution < 1.29 is 14.3 Å². The second-order valence-electron chi connectivity index (χ2n) is 5.10. The Morgan fingerprint density at radius 1 is 1.29 bits per heavy atom. The molecule has 0 bridgehead atoms. The van der Waals surface area contributed by atoms with Crippen LogP contribution in [0.3, 0.4) is 0 Å². The minimum Gasteiger partial charge on any atom is -0.481 e. The first-order chi connectivity index (χ1) is 10.0. The zero-order valence-corrected chi connectivity index (χ0v) is 12.2. The van der Waals surface area contributed by atoms with E-state index in [2.05, 4.69) is 10.2 Å². The first-order valence-electron chi connectivity index (χ1n) is 6.84. The van der Waals surface area contributed by atoms with Crippen molar-refractivity contribution in [2.75, 3.05) is 13.6 Å². The van der Waals surface area contributed by atoms with Gasteiger partial charge in [-0.3, -0.25) is 9.69 Å². The lowest BCUT2D eigenvalue weighted by molar-refractivity contribution is -0.137. The fraction of sp³-hybridized carbons (Fsp3) is 0.400. The molecule has 1 heterocycles. The van der Waals surface area contributed by atoms with Gasteiger partial charge >= 0.3 is 5.97 Å². The zero-order valence-electron chi connectivity index (χ0n) is 12.2. The Bertz CT molecular complexity index is 592. The summed E-state index contributed by atoms with van der Waals surface area (Å²) < 4.78 is 5.63. The van der Waals surface area contributed by atoms with Crippen molar-refractivity contribution in [2.45, 2.75) is 26.3 Å². The van der Waals surface area contributed by atoms with E-state index in [0.717, 1.165) is 5.56 Å². The molecule has 0 aliphatic heterocycles. The third-order valence-electron chi connectivity index (χ3n) is 3.10. The molecule has 6 nitrogen and oxygen atoms in total. The minimum atomic E-state index is -0.775. The van der Waals surface area contributed by atoms with E-state index in [1.165, 1.54) is 5.56 Å². The van der Waals surface area contributed by atoms with Gasteiger partial charge in [0.25, 0.3) is 0 Å². The monoisotopic (exact) mass is 289 g/mol. The summed E-state index contributed by atoms with van der Waals surface area (Å²) in [6.07, 6.45) is 0.771. The fourth-order valence-electron chi connectivity index (χ4n) is 1.94. The average molecular weight is 289 g/mol. The Kier molecular flexibility index (Phi) is 5.05. The quantitative estimate of drug-likeness (QED) is 0.842. The molecular weight excluding hydrogens is 270 g/mol. The molecule has 0 unspecified atom stereocenters. The first-order valence-corrected chi connectivity index (χ1v) is 6.84. The molecule has 0 atom stereocenters. The Hall–Kier alpha value is -2.21.